The molecular weight excluding hydrogens is 574 g/mol. The SMILES string of the molecule is CC(=O)c1c(O)c(C)c(O)c2c1OC1=CC(=O)/C(=C(/C)Nc3cc(Br)c(O)c(Br)c3)C(=O)[C@@]12C. The van der Waals surface area contributed by atoms with Crippen LogP contribution in [0.2, 0.25) is 0 Å². The molecule has 2 aromatic carbocycles. The van der Waals surface area contributed by atoms with E-state index in [4.69, 9.17) is 4.74 Å². The summed E-state index contributed by atoms with van der Waals surface area (Å²) < 4.78 is 6.54. The Balaban J connectivity index is 1.90. The molecule has 4 rings (SSSR count). The third-order valence-corrected chi connectivity index (χ3v) is 7.32. The molecule has 1 heterocycles. The molecule has 0 saturated carbocycles. The van der Waals surface area contributed by atoms with Crippen LogP contribution in [-0.4, -0.2) is 32.7 Å². The van der Waals surface area contributed by atoms with Crippen LogP contribution in [0.15, 0.2) is 44.2 Å². The first-order chi connectivity index (χ1) is 15.8. The second kappa shape index (κ2) is 7.99. The van der Waals surface area contributed by atoms with Gasteiger partial charge in [0.1, 0.15) is 39.7 Å². The number of fused-ring (bicyclic) bond motifs is 3. The van der Waals surface area contributed by atoms with Crippen LogP contribution in [0, 0.1) is 6.92 Å². The maximum atomic E-state index is 13.8. The van der Waals surface area contributed by atoms with Crippen LogP contribution in [0.4, 0.5) is 5.69 Å². The number of ketones is 3. The number of allylic oxidation sites excluding steroid dienone is 4. The van der Waals surface area contributed by atoms with E-state index in [0.717, 1.165) is 6.08 Å². The maximum absolute atomic E-state index is 13.8. The highest BCUT2D eigenvalue weighted by molar-refractivity contribution is 9.11. The van der Waals surface area contributed by atoms with Crippen molar-refractivity contribution < 1.29 is 34.4 Å². The molecule has 0 saturated heterocycles. The maximum Gasteiger partial charge on any atom is 0.194 e. The number of hydrogen-bond donors (Lipinski definition) is 4. The molecule has 0 spiro atoms. The van der Waals surface area contributed by atoms with Gasteiger partial charge in [-0.3, -0.25) is 14.4 Å². The van der Waals surface area contributed by atoms with E-state index < -0.39 is 28.5 Å². The predicted octanol–water partition coefficient (Wildman–Crippen LogP) is 4.91. The molecule has 34 heavy (non-hydrogen) atoms. The van der Waals surface area contributed by atoms with E-state index in [9.17, 15) is 29.7 Å². The van der Waals surface area contributed by atoms with Gasteiger partial charge in [-0.1, -0.05) is 0 Å². The number of Topliss-reactive ketones (excluding diaryl/α,β-unsaturated/α-hetero) is 2. The van der Waals surface area contributed by atoms with Crippen molar-refractivity contribution in [1.82, 2.24) is 0 Å². The molecule has 0 bridgehead atoms. The van der Waals surface area contributed by atoms with E-state index >= 15 is 0 Å². The molecule has 0 radical (unpaired) electrons. The standard InChI is InChI=1S/C24H19Br2NO7/c1-8-19(30)17(10(3)28)22-18(20(8)31)24(4)15(34-22)7-14(29)16(23(24)33)9(2)27-11-5-12(25)21(32)13(26)6-11/h5-7,27,30-32H,1-4H3/b16-9+/t24-/m0/s1. The lowest BCUT2D eigenvalue weighted by atomic mass is 9.70. The number of rotatable bonds is 3. The zero-order chi connectivity index (χ0) is 25.3. The Morgan fingerprint density at radius 3 is 2.18 bits per heavy atom. The molecule has 0 aromatic heterocycles. The molecule has 0 fully saturated rings. The number of carbonyl (C=O) groups excluding carboxylic acids is 3. The number of carbonyl (C=O) groups is 3. The van der Waals surface area contributed by atoms with Gasteiger partial charge in [0.2, 0.25) is 0 Å². The summed E-state index contributed by atoms with van der Waals surface area (Å²) in [6.45, 7) is 5.71. The molecule has 1 aliphatic carbocycles. The number of anilines is 1. The third-order valence-electron chi connectivity index (χ3n) is 6.11. The van der Waals surface area contributed by atoms with Gasteiger partial charge >= 0.3 is 0 Å². The summed E-state index contributed by atoms with van der Waals surface area (Å²) in [5.74, 6) is -2.77. The minimum Gasteiger partial charge on any atom is -0.507 e. The molecule has 176 valence electrons. The smallest absolute Gasteiger partial charge is 0.194 e. The van der Waals surface area contributed by atoms with Gasteiger partial charge in [0.25, 0.3) is 0 Å². The molecule has 2 aromatic rings. The Morgan fingerprint density at radius 2 is 1.62 bits per heavy atom. The fourth-order valence-electron chi connectivity index (χ4n) is 4.28. The Kier molecular flexibility index (Phi) is 5.64. The van der Waals surface area contributed by atoms with Crippen LogP contribution in [0.3, 0.4) is 0 Å². The second-order valence-corrected chi connectivity index (χ2v) is 10.0. The lowest BCUT2D eigenvalue weighted by molar-refractivity contribution is -0.123. The van der Waals surface area contributed by atoms with Crippen LogP contribution in [0.25, 0.3) is 0 Å². The summed E-state index contributed by atoms with van der Waals surface area (Å²) in [4.78, 5) is 39.0. The Morgan fingerprint density at radius 1 is 1.03 bits per heavy atom. The first kappa shape index (κ1) is 24.0. The highest BCUT2D eigenvalue weighted by Gasteiger charge is 2.56. The monoisotopic (exact) mass is 591 g/mol. The Bertz CT molecular complexity index is 1380. The molecule has 2 aliphatic rings. The van der Waals surface area contributed by atoms with E-state index in [1.807, 2.05) is 0 Å². The van der Waals surface area contributed by atoms with Gasteiger partial charge in [-0.05, 0) is 71.7 Å². The zero-order valence-electron chi connectivity index (χ0n) is 18.5. The highest BCUT2D eigenvalue weighted by Crippen LogP contribution is 2.57. The predicted molar refractivity (Wildman–Crippen MR) is 130 cm³/mol. The van der Waals surface area contributed by atoms with Crippen LogP contribution in [0.5, 0.6) is 23.0 Å². The number of aromatic hydroxyl groups is 3. The fraction of sp³-hybridized carbons (Fsp3) is 0.208. The number of halogens is 2. The van der Waals surface area contributed by atoms with Crippen LogP contribution < -0.4 is 10.1 Å². The van der Waals surface area contributed by atoms with E-state index in [1.165, 1.54) is 20.8 Å². The Labute approximate surface area is 211 Å². The third kappa shape index (κ3) is 3.27. The van der Waals surface area contributed by atoms with Gasteiger partial charge < -0.3 is 25.4 Å². The summed E-state index contributed by atoms with van der Waals surface area (Å²) >= 11 is 6.47. The largest absolute Gasteiger partial charge is 0.507 e. The summed E-state index contributed by atoms with van der Waals surface area (Å²) in [5, 5.41) is 34.2. The molecule has 0 amide bonds. The van der Waals surface area contributed by atoms with E-state index in [2.05, 4.69) is 37.2 Å². The topological polar surface area (TPSA) is 133 Å². The van der Waals surface area contributed by atoms with E-state index in [1.54, 1.807) is 19.1 Å². The van der Waals surface area contributed by atoms with Crippen molar-refractivity contribution in [3.05, 3.63) is 60.9 Å². The van der Waals surface area contributed by atoms with Crippen molar-refractivity contribution in [3.63, 3.8) is 0 Å². The minimum atomic E-state index is -1.59. The van der Waals surface area contributed by atoms with Crippen molar-refractivity contribution in [1.29, 1.82) is 0 Å². The van der Waals surface area contributed by atoms with Gasteiger partial charge in [0.05, 0.1) is 20.1 Å². The fourth-order valence-corrected chi connectivity index (χ4v) is 5.47. The average molecular weight is 593 g/mol. The molecule has 1 atom stereocenters. The lowest BCUT2D eigenvalue weighted by Crippen LogP contribution is -2.40. The number of phenols is 3. The minimum absolute atomic E-state index is 0.00385. The lowest BCUT2D eigenvalue weighted by Gasteiger charge is -2.29. The van der Waals surface area contributed by atoms with Crippen LogP contribution in [-0.2, 0) is 15.0 Å². The van der Waals surface area contributed by atoms with Crippen LogP contribution >= 0.6 is 31.9 Å². The van der Waals surface area contributed by atoms with Crippen molar-refractivity contribution in [2.24, 2.45) is 0 Å². The summed E-state index contributed by atoms with van der Waals surface area (Å²) in [7, 11) is 0. The molecule has 4 N–H and O–H groups in total. The Hall–Kier alpha value is -3.11. The summed E-state index contributed by atoms with van der Waals surface area (Å²) in [6, 6.07) is 3.16. The number of nitrogens with one attached hydrogen (secondary N) is 1. The van der Waals surface area contributed by atoms with Gasteiger partial charge in [-0.15, -0.1) is 0 Å². The number of phenolic OH excluding ortho intramolecular Hbond substituents is 3. The van der Waals surface area contributed by atoms with E-state index in [-0.39, 0.29) is 51.0 Å². The molecule has 1 aliphatic heterocycles. The van der Waals surface area contributed by atoms with Crippen molar-refractivity contribution in [2.45, 2.75) is 33.1 Å². The van der Waals surface area contributed by atoms with Gasteiger partial charge in [0, 0.05) is 23.0 Å². The molecule has 10 heteroatoms. The second-order valence-electron chi connectivity index (χ2n) is 8.30. The number of ether oxygens (including phenoxy) is 1. The van der Waals surface area contributed by atoms with E-state index in [0.29, 0.717) is 14.6 Å². The van der Waals surface area contributed by atoms with Crippen LogP contribution in [0.1, 0.15) is 42.3 Å². The summed E-state index contributed by atoms with van der Waals surface area (Å²) in [5.41, 5.74) is -1.13. The molecule has 8 nitrogen and oxygen atoms in total. The number of hydrogen-bond acceptors (Lipinski definition) is 8. The average Bonchev–Trinajstić information content (AvgIpc) is 3.03. The van der Waals surface area contributed by atoms with Crippen molar-refractivity contribution in [2.75, 3.05) is 5.32 Å². The van der Waals surface area contributed by atoms with Gasteiger partial charge in [0.15, 0.2) is 17.3 Å². The first-order valence-corrected chi connectivity index (χ1v) is 11.6. The zero-order valence-corrected chi connectivity index (χ0v) is 21.6. The quantitative estimate of drug-likeness (QED) is 0.171. The normalized spacial score (nSPS) is 20.4. The molecule has 0 unspecified atom stereocenters. The van der Waals surface area contributed by atoms with Crippen molar-refractivity contribution >= 4 is 54.9 Å². The van der Waals surface area contributed by atoms with Crippen molar-refractivity contribution in [3.8, 4) is 23.0 Å². The van der Waals surface area contributed by atoms with Gasteiger partial charge in [-0.2, -0.15) is 0 Å². The molecular formula is C24H19Br2NO7. The summed E-state index contributed by atoms with van der Waals surface area (Å²) in [6.07, 6.45) is 1.15. The highest BCUT2D eigenvalue weighted by atomic mass is 79.9. The number of benzene rings is 2. The van der Waals surface area contributed by atoms with Gasteiger partial charge in [-0.25, -0.2) is 0 Å². The first-order valence-electron chi connectivity index (χ1n) is 10.1.